The van der Waals surface area contributed by atoms with E-state index in [1.54, 1.807) is 0 Å². The van der Waals surface area contributed by atoms with Crippen LogP contribution in [0.15, 0.2) is 30.3 Å². The molecule has 0 nitrogen and oxygen atoms in total. The molecule has 0 aromatic heterocycles. The first kappa shape index (κ1) is 17.0. The SMILES string of the molecule is CCCCCCC[CH]([AlH2])Cc1ccccc1.Cl. The standard InChI is InChI=1S/C15H23.Al.ClH.2H/c1-2-3-4-5-6-7-9-12-15-13-10-8-11-14-15;;;;/h8-11,13-14H,2-7,12H2,1H3;;1H;;. The van der Waals surface area contributed by atoms with Crippen LogP contribution in [0.3, 0.4) is 0 Å². The summed E-state index contributed by atoms with van der Waals surface area (Å²) in [5.41, 5.74) is 1.52. The highest BCUT2D eigenvalue weighted by Gasteiger charge is 2.03. The van der Waals surface area contributed by atoms with Crippen LogP contribution in [0.1, 0.15) is 51.0 Å². The van der Waals surface area contributed by atoms with Crippen molar-refractivity contribution in [3.05, 3.63) is 35.9 Å². The Balaban J connectivity index is 0.00000256. The van der Waals surface area contributed by atoms with Gasteiger partial charge in [0.1, 0.15) is 0 Å². The highest BCUT2D eigenvalue weighted by atomic mass is 35.5. The van der Waals surface area contributed by atoms with Gasteiger partial charge in [0.25, 0.3) is 0 Å². The Bertz CT molecular complexity index is 261. The molecule has 1 atom stereocenters. The summed E-state index contributed by atoms with van der Waals surface area (Å²) in [6.45, 7) is 2.28. The summed E-state index contributed by atoms with van der Waals surface area (Å²) in [6, 6.07) is 11.0. The Kier molecular flexibility index (Phi) is 11.2. The van der Waals surface area contributed by atoms with Gasteiger partial charge in [-0.25, -0.2) is 0 Å². The minimum absolute atomic E-state index is 0. The second kappa shape index (κ2) is 11.2. The van der Waals surface area contributed by atoms with Crippen LogP contribution in [-0.4, -0.2) is 16.3 Å². The first-order valence-electron chi connectivity index (χ1n) is 6.87. The van der Waals surface area contributed by atoms with E-state index < -0.39 is 0 Å². The zero-order chi connectivity index (χ0) is 11.6. The number of halogens is 1. The summed E-state index contributed by atoms with van der Waals surface area (Å²) in [6.07, 6.45) is 9.86. The average molecular weight is 269 g/mol. The second-order valence-electron chi connectivity index (χ2n) is 5.00. The molecule has 2 heteroatoms. The Hall–Kier alpha value is 0.0425. The summed E-state index contributed by atoms with van der Waals surface area (Å²) in [7, 11) is 0. The Morgan fingerprint density at radius 1 is 1.00 bits per heavy atom. The van der Waals surface area contributed by atoms with Crippen molar-refractivity contribution in [3.63, 3.8) is 0 Å². The quantitative estimate of drug-likeness (QED) is 0.483. The molecule has 1 aromatic carbocycles. The molecule has 0 saturated heterocycles. The number of benzene rings is 1. The van der Waals surface area contributed by atoms with Gasteiger partial charge in [0.05, 0.1) is 0 Å². The van der Waals surface area contributed by atoms with Gasteiger partial charge in [-0.15, -0.1) is 12.4 Å². The fourth-order valence-electron chi connectivity index (χ4n) is 2.21. The Morgan fingerprint density at radius 3 is 2.29 bits per heavy atom. The van der Waals surface area contributed by atoms with Gasteiger partial charge in [0, 0.05) is 0 Å². The lowest BCUT2D eigenvalue weighted by molar-refractivity contribution is 0.589. The molecule has 96 valence electrons. The van der Waals surface area contributed by atoms with E-state index in [2.05, 4.69) is 37.3 Å². The lowest BCUT2D eigenvalue weighted by Crippen LogP contribution is -1.97. The fraction of sp³-hybridized carbons (Fsp3) is 0.600. The van der Waals surface area contributed by atoms with Crippen molar-refractivity contribution in [1.29, 1.82) is 0 Å². The van der Waals surface area contributed by atoms with Gasteiger partial charge in [-0.2, -0.15) is 0 Å². The second-order valence-corrected chi connectivity index (χ2v) is 6.63. The van der Waals surface area contributed by atoms with E-state index in [0.29, 0.717) is 0 Å². The van der Waals surface area contributed by atoms with Gasteiger partial charge < -0.3 is 0 Å². The minimum Gasteiger partial charge on any atom is -0.147 e. The first-order valence-corrected chi connectivity index (χ1v) is 8.02. The van der Waals surface area contributed by atoms with Crippen molar-refractivity contribution in [3.8, 4) is 0 Å². The third-order valence-electron chi connectivity index (χ3n) is 3.23. The van der Waals surface area contributed by atoms with Gasteiger partial charge in [-0.05, 0) is 12.0 Å². The van der Waals surface area contributed by atoms with Crippen LogP contribution >= 0.6 is 12.4 Å². The number of hydrogen-bond donors (Lipinski definition) is 0. The van der Waals surface area contributed by atoms with Crippen molar-refractivity contribution >= 4 is 28.7 Å². The van der Waals surface area contributed by atoms with Gasteiger partial charge in [0.15, 0.2) is 0 Å². The molecule has 1 aromatic rings. The van der Waals surface area contributed by atoms with Crippen LogP contribution in [0.5, 0.6) is 0 Å². The number of rotatable bonds is 8. The highest BCUT2D eigenvalue weighted by Crippen LogP contribution is 2.18. The first-order chi connectivity index (χ1) is 7.83. The molecule has 17 heavy (non-hydrogen) atoms. The number of hydrogen-bond acceptors (Lipinski definition) is 0. The third kappa shape index (κ3) is 8.72. The summed E-state index contributed by atoms with van der Waals surface area (Å²) in [5, 5.41) is 0. The van der Waals surface area contributed by atoms with E-state index in [1.807, 2.05) is 0 Å². The van der Waals surface area contributed by atoms with Crippen LogP contribution < -0.4 is 0 Å². The maximum absolute atomic E-state index is 2.28. The topological polar surface area (TPSA) is 0 Å². The van der Waals surface area contributed by atoms with E-state index >= 15 is 0 Å². The normalized spacial score (nSPS) is 11.8. The van der Waals surface area contributed by atoms with Crippen molar-refractivity contribution in [2.45, 2.75) is 56.6 Å². The van der Waals surface area contributed by atoms with Crippen LogP contribution in [0, 0.1) is 0 Å². The molecular formula is C15H26AlCl. The van der Waals surface area contributed by atoms with Crippen LogP contribution in [0.25, 0.3) is 0 Å². The summed E-state index contributed by atoms with van der Waals surface area (Å²) in [4.78, 5) is 0. The monoisotopic (exact) mass is 268 g/mol. The van der Waals surface area contributed by atoms with Gasteiger partial charge in [0.2, 0.25) is 16.3 Å². The molecule has 1 rings (SSSR count). The van der Waals surface area contributed by atoms with Crippen molar-refractivity contribution in [1.82, 2.24) is 0 Å². The smallest absolute Gasteiger partial charge is 0.147 e. The molecule has 0 heterocycles. The highest BCUT2D eigenvalue weighted by molar-refractivity contribution is 6.11. The molecule has 1 unspecified atom stereocenters. The van der Waals surface area contributed by atoms with E-state index in [0.717, 1.165) is 4.78 Å². The molecule has 0 aliphatic heterocycles. The Labute approximate surface area is 121 Å². The molecule has 0 spiro atoms. The predicted octanol–water partition coefficient (Wildman–Crippen LogP) is 4.43. The zero-order valence-corrected chi connectivity index (χ0v) is 14.1. The van der Waals surface area contributed by atoms with E-state index in [4.69, 9.17) is 0 Å². The van der Waals surface area contributed by atoms with Gasteiger partial charge in [-0.3, -0.25) is 0 Å². The summed E-state index contributed by atoms with van der Waals surface area (Å²) in [5.74, 6) is 0. The molecule has 0 aliphatic carbocycles. The minimum atomic E-state index is 0. The van der Waals surface area contributed by atoms with E-state index in [9.17, 15) is 0 Å². The molecule has 0 aliphatic rings. The molecule has 0 N–H and O–H groups in total. The summed E-state index contributed by atoms with van der Waals surface area (Å²) < 4.78 is 0.976. The fourth-order valence-corrected chi connectivity index (χ4v) is 3.09. The maximum Gasteiger partial charge on any atom is 0.216 e. The van der Waals surface area contributed by atoms with E-state index in [1.165, 1.54) is 66.8 Å². The van der Waals surface area contributed by atoms with E-state index in [-0.39, 0.29) is 12.4 Å². The van der Waals surface area contributed by atoms with Crippen molar-refractivity contribution in [2.24, 2.45) is 0 Å². The number of unbranched alkanes of at least 4 members (excludes halogenated alkanes) is 4. The predicted molar refractivity (Wildman–Crippen MR) is 83.1 cm³/mol. The molecule has 0 amide bonds. The molecule has 0 bridgehead atoms. The van der Waals surface area contributed by atoms with Crippen LogP contribution in [0.2, 0.25) is 4.78 Å². The average Bonchev–Trinajstić information content (AvgIpc) is 2.30. The third-order valence-corrected chi connectivity index (χ3v) is 4.21. The zero-order valence-electron chi connectivity index (χ0n) is 11.3. The maximum atomic E-state index is 2.28. The molecule has 0 radical (unpaired) electrons. The van der Waals surface area contributed by atoms with Crippen molar-refractivity contribution in [2.75, 3.05) is 0 Å². The molecule has 0 saturated carbocycles. The van der Waals surface area contributed by atoms with Crippen molar-refractivity contribution < 1.29 is 0 Å². The van der Waals surface area contributed by atoms with Gasteiger partial charge in [-0.1, -0.05) is 80.6 Å². The van der Waals surface area contributed by atoms with Crippen LogP contribution in [-0.2, 0) is 6.42 Å². The molecule has 0 fully saturated rings. The van der Waals surface area contributed by atoms with Crippen LogP contribution in [0.4, 0.5) is 0 Å². The Morgan fingerprint density at radius 2 is 1.65 bits per heavy atom. The lowest BCUT2D eigenvalue weighted by atomic mass is 10.0. The largest absolute Gasteiger partial charge is 0.216 e. The lowest BCUT2D eigenvalue weighted by Gasteiger charge is -2.11. The molecular weight excluding hydrogens is 243 g/mol. The summed E-state index contributed by atoms with van der Waals surface area (Å²) >= 11 is 1.34. The van der Waals surface area contributed by atoms with Gasteiger partial charge >= 0.3 is 0 Å².